The van der Waals surface area contributed by atoms with Crippen LogP contribution in [0.2, 0.25) is 0 Å². The topological polar surface area (TPSA) is 60.0 Å². The standard InChI is InChI=1S/C17H37N5O/c1-7-18-17(19-13-12-16(23)21(5)6)20-15(4)11-10-14-22(8-2)9-3/h15H,7-14H2,1-6H3,(H2,18,19,20). The molecular weight excluding hydrogens is 290 g/mol. The molecule has 6 heteroatoms. The smallest absolute Gasteiger partial charge is 0.223 e. The van der Waals surface area contributed by atoms with Crippen LogP contribution < -0.4 is 10.6 Å². The van der Waals surface area contributed by atoms with Crippen molar-refractivity contribution in [1.29, 1.82) is 0 Å². The Hall–Kier alpha value is -1.30. The van der Waals surface area contributed by atoms with E-state index in [9.17, 15) is 4.79 Å². The summed E-state index contributed by atoms with van der Waals surface area (Å²) in [5, 5.41) is 6.67. The highest BCUT2D eigenvalue weighted by Gasteiger charge is 2.07. The molecule has 0 heterocycles. The first kappa shape index (κ1) is 21.7. The summed E-state index contributed by atoms with van der Waals surface area (Å²) in [6, 6.07) is 0.368. The molecule has 0 aliphatic rings. The van der Waals surface area contributed by atoms with E-state index < -0.39 is 0 Å². The SMILES string of the molecule is CCNC(=NCCC(=O)N(C)C)NC(C)CCCN(CC)CC. The van der Waals surface area contributed by atoms with Crippen molar-refractivity contribution >= 4 is 11.9 Å². The molecule has 0 fully saturated rings. The molecule has 0 aromatic carbocycles. The molecule has 136 valence electrons. The fraction of sp³-hybridized carbons (Fsp3) is 0.882. The number of carbonyl (C=O) groups excluding carboxylic acids is 1. The minimum atomic E-state index is 0.108. The highest BCUT2D eigenvalue weighted by molar-refractivity contribution is 5.81. The number of amides is 1. The highest BCUT2D eigenvalue weighted by Crippen LogP contribution is 2.00. The van der Waals surface area contributed by atoms with Gasteiger partial charge in [0.2, 0.25) is 5.91 Å². The van der Waals surface area contributed by atoms with E-state index in [2.05, 4.69) is 41.3 Å². The fourth-order valence-electron chi connectivity index (χ4n) is 2.27. The molecule has 0 spiro atoms. The van der Waals surface area contributed by atoms with Crippen LogP contribution in [0.4, 0.5) is 0 Å². The molecule has 0 saturated carbocycles. The summed E-state index contributed by atoms with van der Waals surface area (Å²) in [6.45, 7) is 13.3. The van der Waals surface area contributed by atoms with Gasteiger partial charge in [-0.15, -0.1) is 0 Å². The first-order valence-electron chi connectivity index (χ1n) is 8.91. The van der Waals surface area contributed by atoms with Crippen molar-refractivity contribution in [3.05, 3.63) is 0 Å². The Bertz CT molecular complexity index is 340. The molecule has 0 aliphatic carbocycles. The van der Waals surface area contributed by atoms with Gasteiger partial charge in [0.05, 0.1) is 6.54 Å². The van der Waals surface area contributed by atoms with E-state index in [4.69, 9.17) is 0 Å². The second-order valence-corrected chi connectivity index (χ2v) is 6.01. The van der Waals surface area contributed by atoms with Crippen molar-refractivity contribution < 1.29 is 4.79 Å². The quantitative estimate of drug-likeness (QED) is 0.446. The third-order valence-electron chi connectivity index (χ3n) is 3.83. The van der Waals surface area contributed by atoms with Crippen molar-refractivity contribution in [2.75, 3.05) is 46.8 Å². The lowest BCUT2D eigenvalue weighted by atomic mass is 10.2. The van der Waals surface area contributed by atoms with Crippen LogP contribution in [-0.4, -0.2) is 74.5 Å². The molecular formula is C17H37N5O. The molecule has 0 aromatic rings. The van der Waals surface area contributed by atoms with Crippen LogP contribution in [0.3, 0.4) is 0 Å². The van der Waals surface area contributed by atoms with Gasteiger partial charge in [-0.2, -0.15) is 0 Å². The number of carbonyl (C=O) groups is 1. The van der Waals surface area contributed by atoms with Crippen molar-refractivity contribution in [3.8, 4) is 0 Å². The van der Waals surface area contributed by atoms with Gasteiger partial charge in [-0.05, 0) is 46.3 Å². The van der Waals surface area contributed by atoms with Crippen molar-refractivity contribution in [3.63, 3.8) is 0 Å². The summed E-state index contributed by atoms with van der Waals surface area (Å²) in [6.07, 6.45) is 2.73. The Morgan fingerprint density at radius 2 is 1.83 bits per heavy atom. The lowest BCUT2D eigenvalue weighted by Crippen LogP contribution is -2.42. The average molecular weight is 328 g/mol. The van der Waals surface area contributed by atoms with Crippen LogP contribution in [0.1, 0.15) is 47.0 Å². The zero-order chi connectivity index (χ0) is 17.7. The van der Waals surface area contributed by atoms with Crippen molar-refractivity contribution in [2.45, 2.75) is 53.0 Å². The second-order valence-electron chi connectivity index (χ2n) is 6.01. The lowest BCUT2D eigenvalue weighted by molar-refractivity contribution is -0.128. The Kier molecular flexibility index (Phi) is 12.4. The van der Waals surface area contributed by atoms with E-state index in [1.54, 1.807) is 19.0 Å². The van der Waals surface area contributed by atoms with E-state index in [1.165, 1.54) is 6.42 Å². The van der Waals surface area contributed by atoms with Gasteiger partial charge in [0.25, 0.3) is 0 Å². The monoisotopic (exact) mass is 327 g/mol. The fourth-order valence-corrected chi connectivity index (χ4v) is 2.27. The van der Waals surface area contributed by atoms with E-state index in [1.807, 2.05) is 6.92 Å². The maximum absolute atomic E-state index is 11.6. The first-order valence-corrected chi connectivity index (χ1v) is 8.91. The van der Waals surface area contributed by atoms with Crippen LogP contribution in [0.15, 0.2) is 4.99 Å². The van der Waals surface area contributed by atoms with E-state index >= 15 is 0 Å². The Labute approximate surface area is 142 Å². The van der Waals surface area contributed by atoms with Crippen LogP contribution in [0, 0.1) is 0 Å². The van der Waals surface area contributed by atoms with Gasteiger partial charge in [-0.1, -0.05) is 13.8 Å². The van der Waals surface area contributed by atoms with Gasteiger partial charge in [-0.3, -0.25) is 9.79 Å². The number of guanidine groups is 1. The summed E-state index contributed by atoms with van der Waals surface area (Å²) in [7, 11) is 3.54. The van der Waals surface area contributed by atoms with Gasteiger partial charge < -0.3 is 20.4 Å². The molecule has 1 atom stereocenters. The van der Waals surface area contributed by atoms with Crippen LogP contribution >= 0.6 is 0 Å². The molecule has 0 rings (SSSR count). The molecule has 0 saturated heterocycles. The highest BCUT2D eigenvalue weighted by atomic mass is 16.2. The van der Waals surface area contributed by atoms with Gasteiger partial charge in [0.15, 0.2) is 5.96 Å². The molecule has 2 N–H and O–H groups in total. The number of rotatable bonds is 11. The Morgan fingerprint density at radius 3 is 2.35 bits per heavy atom. The van der Waals surface area contributed by atoms with E-state index in [0.29, 0.717) is 19.0 Å². The summed E-state index contributed by atoms with van der Waals surface area (Å²) in [4.78, 5) is 20.1. The molecule has 6 nitrogen and oxygen atoms in total. The van der Waals surface area contributed by atoms with Gasteiger partial charge >= 0.3 is 0 Å². The van der Waals surface area contributed by atoms with E-state index in [0.717, 1.165) is 38.6 Å². The zero-order valence-corrected chi connectivity index (χ0v) is 16.0. The lowest BCUT2D eigenvalue weighted by Gasteiger charge is -2.21. The zero-order valence-electron chi connectivity index (χ0n) is 16.0. The Morgan fingerprint density at radius 1 is 1.17 bits per heavy atom. The van der Waals surface area contributed by atoms with Gasteiger partial charge in [-0.25, -0.2) is 0 Å². The number of nitrogens with one attached hydrogen (secondary N) is 2. The second kappa shape index (κ2) is 13.2. The number of hydrogen-bond acceptors (Lipinski definition) is 3. The van der Waals surface area contributed by atoms with Crippen LogP contribution in [0.5, 0.6) is 0 Å². The maximum atomic E-state index is 11.6. The maximum Gasteiger partial charge on any atom is 0.223 e. The van der Waals surface area contributed by atoms with Gasteiger partial charge in [0, 0.05) is 33.1 Å². The normalized spacial score (nSPS) is 13.1. The molecule has 0 aliphatic heterocycles. The molecule has 0 aromatic heterocycles. The molecule has 1 amide bonds. The largest absolute Gasteiger partial charge is 0.357 e. The van der Waals surface area contributed by atoms with E-state index in [-0.39, 0.29) is 5.91 Å². The third kappa shape index (κ3) is 11.0. The number of hydrogen-bond donors (Lipinski definition) is 2. The molecule has 0 bridgehead atoms. The van der Waals surface area contributed by atoms with Crippen LogP contribution in [-0.2, 0) is 4.79 Å². The van der Waals surface area contributed by atoms with Gasteiger partial charge in [0.1, 0.15) is 0 Å². The van der Waals surface area contributed by atoms with Crippen molar-refractivity contribution in [1.82, 2.24) is 20.4 Å². The summed E-state index contributed by atoms with van der Waals surface area (Å²) >= 11 is 0. The number of nitrogens with zero attached hydrogens (tertiary/aromatic N) is 3. The predicted octanol–water partition coefficient (Wildman–Crippen LogP) is 1.53. The summed E-state index contributed by atoms with van der Waals surface area (Å²) in [5.41, 5.74) is 0. The first-order chi connectivity index (χ1) is 10.9. The number of aliphatic imine (C=N–C) groups is 1. The third-order valence-corrected chi connectivity index (χ3v) is 3.83. The van der Waals surface area contributed by atoms with Crippen LogP contribution in [0.25, 0.3) is 0 Å². The summed E-state index contributed by atoms with van der Waals surface area (Å²) in [5.74, 6) is 0.909. The minimum absolute atomic E-state index is 0.108. The molecule has 1 unspecified atom stereocenters. The molecule has 0 radical (unpaired) electrons. The summed E-state index contributed by atoms with van der Waals surface area (Å²) < 4.78 is 0. The predicted molar refractivity (Wildman–Crippen MR) is 98.9 cm³/mol. The minimum Gasteiger partial charge on any atom is -0.357 e. The Balaban J connectivity index is 4.20. The molecule has 23 heavy (non-hydrogen) atoms. The van der Waals surface area contributed by atoms with Crippen molar-refractivity contribution in [2.24, 2.45) is 4.99 Å². The average Bonchev–Trinajstić information content (AvgIpc) is 2.51.